The van der Waals surface area contributed by atoms with E-state index < -0.39 is 149 Å². The van der Waals surface area contributed by atoms with Gasteiger partial charge >= 0.3 is 0 Å². The number of aliphatic hydroxyl groups excluding tert-OH is 14. The van der Waals surface area contributed by atoms with Crippen molar-refractivity contribution in [3.63, 3.8) is 0 Å². The maximum atomic E-state index is 10.9. The van der Waals surface area contributed by atoms with E-state index >= 15 is 0 Å². The van der Waals surface area contributed by atoms with Gasteiger partial charge in [-0.2, -0.15) is 0 Å². The van der Waals surface area contributed by atoms with Gasteiger partial charge in [0.2, 0.25) is 0 Å². The monoisotopic (exact) mass is 666 g/mol. The number of hydrogen-bond donors (Lipinski definition) is 14. The second kappa shape index (κ2) is 15.6. The Morgan fingerprint density at radius 2 is 0.644 bits per heavy atom. The van der Waals surface area contributed by atoms with E-state index in [4.69, 9.17) is 33.2 Å². The van der Waals surface area contributed by atoms with Crippen LogP contribution in [0, 0.1) is 0 Å². The summed E-state index contributed by atoms with van der Waals surface area (Å²) in [6.07, 6.45) is -35.3. The Bertz CT molecular complexity index is 910. The molecular weight excluding hydrogens is 624 g/mol. The molecule has 21 nitrogen and oxygen atoms in total. The van der Waals surface area contributed by atoms with Crippen LogP contribution in [0.2, 0.25) is 0 Å². The van der Waals surface area contributed by atoms with Crippen molar-refractivity contribution in [3.05, 3.63) is 0 Å². The lowest BCUT2D eigenvalue weighted by Gasteiger charge is -2.49. The molecule has 0 bridgehead atoms. The van der Waals surface area contributed by atoms with Gasteiger partial charge in [0, 0.05) is 0 Å². The summed E-state index contributed by atoms with van der Waals surface area (Å²) in [5.74, 6) is 0. The molecule has 14 N–H and O–H groups in total. The van der Waals surface area contributed by atoms with Gasteiger partial charge in [-0.1, -0.05) is 0 Å². The van der Waals surface area contributed by atoms with Crippen molar-refractivity contribution in [2.45, 2.75) is 123 Å². The molecular formula is C24H42O21. The Kier molecular flexibility index (Phi) is 12.8. The molecule has 21 heteroatoms. The highest BCUT2D eigenvalue weighted by molar-refractivity contribution is 4.97. The lowest BCUT2D eigenvalue weighted by molar-refractivity contribution is -0.387. The van der Waals surface area contributed by atoms with Crippen molar-refractivity contribution in [2.24, 2.45) is 0 Å². The molecule has 4 aliphatic rings. The van der Waals surface area contributed by atoms with Crippen LogP contribution in [-0.4, -0.2) is 221 Å². The molecule has 0 aromatic carbocycles. The van der Waals surface area contributed by atoms with E-state index in [1.165, 1.54) is 0 Å². The lowest BCUT2D eigenvalue weighted by Crippen LogP contribution is -2.67. The molecule has 45 heavy (non-hydrogen) atoms. The number of ether oxygens (including phenoxy) is 7. The zero-order valence-electron chi connectivity index (χ0n) is 23.5. The molecule has 0 aromatic heterocycles. The molecule has 4 saturated heterocycles. The summed E-state index contributed by atoms with van der Waals surface area (Å²) in [7, 11) is 0. The zero-order valence-corrected chi connectivity index (χ0v) is 23.5. The van der Waals surface area contributed by atoms with Crippen molar-refractivity contribution in [2.75, 3.05) is 26.4 Å². The minimum Gasteiger partial charge on any atom is -0.394 e. The van der Waals surface area contributed by atoms with Crippen LogP contribution in [-0.2, 0) is 33.2 Å². The minimum absolute atomic E-state index is 0.784. The van der Waals surface area contributed by atoms with Crippen LogP contribution in [0.15, 0.2) is 0 Å². The average molecular weight is 667 g/mol. The highest BCUT2D eigenvalue weighted by Crippen LogP contribution is 2.34. The summed E-state index contributed by atoms with van der Waals surface area (Å²) in [5, 5.41) is 142. The van der Waals surface area contributed by atoms with Crippen LogP contribution < -0.4 is 0 Å². The summed E-state index contributed by atoms with van der Waals surface area (Å²) < 4.78 is 37.7. The van der Waals surface area contributed by atoms with Gasteiger partial charge in [-0.3, -0.25) is 0 Å². The van der Waals surface area contributed by atoms with Crippen molar-refractivity contribution < 1.29 is 105 Å². The smallest absolute Gasteiger partial charge is 0.187 e. The van der Waals surface area contributed by atoms with Crippen LogP contribution in [0.3, 0.4) is 0 Å². The van der Waals surface area contributed by atoms with Gasteiger partial charge in [0.15, 0.2) is 25.2 Å². The predicted octanol–water partition coefficient (Wildman–Crippen LogP) is -9.75. The highest BCUT2D eigenvalue weighted by Gasteiger charge is 2.55. The molecule has 1 unspecified atom stereocenters. The van der Waals surface area contributed by atoms with Gasteiger partial charge in [-0.25, -0.2) is 0 Å². The largest absolute Gasteiger partial charge is 0.394 e. The molecule has 0 saturated carbocycles. The van der Waals surface area contributed by atoms with Crippen LogP contribution in [0.1, 0.15) is 0 Å². The zero-order chi connectivity index (χ0) is 33.3. The molecule has 4 rings (SSSR count). The van der Waals surface area contributed by atoms with Crippen molar-refractivity contribution in [3.8, 4) is 0 Å². The normalized spacial score (nSPS) is 52.9. The first-order valence-corrected chi connectivity index (χ1v) is 14.1. The van der Waals surface area contributed by atoms with E-state index in [-0.39, 0.29) is 0 Å². The van der Waals surface area contributed by atoms with Crippen molar-refractivity contribution in [1.29, 1.82) is 0 Å². The highest BCUT2D eigenvalue weighted by atomic mass is 16.8. The minimum atomic E-state index is -2.02. The fourth-order valence-electron chi connectivity index (χ4n) is 5.55. The van der Waals surface area contributed by atoms with E-state index in [0.717, 1.165) is 0 Å². The fourth-order valence-corrected chi connectivity index (χ4v) is 5.55. The Labute approximate surface area is 254 Å². The first-order chi connectivity index (χ1) is 21.3. The van der Waals surface area contributed by atoms with Gasteiger partial charge in [-0.15, -0.1) is 0 Å². The van der Waals surface area contributed by atoms with E-state index in [0.29, 0.717) is 0 Å². The third-order valence-corrected chi connectivity index (χ3v) is 8.20. The molecule has 0 aliphatic carbocycles. The van der Waals surface area contributed by atoms with E-state index in [1.54, 1.807) is 0 Å². The van der Waals surface area contributed by atoms with Crippen molar-refractivity contribution >= 4 is 0 Å². The molecule has 264 valence electrons. The van der Waals surface area contributed by atoms with Crippen molar-refractivity contribution in [1.82, 2.24) is 0 Å². The summed E-state index contributed by atoms with van der Waals surface area (Å²) in [4.78, 5) is 0. The summed E-state index contributed by atoms with van der Waals surface area (Å²) >= 11 is 0. The standard InChI is InChI=1S/C24H42O21/c25-1-5-9(29)10(30)15(35)22(40-5)44-19-7(3-27)42-24(17(37)12(19)32)45-20-8(4-28)41-23(16(36)13(20)33)43-18-6(2-26)39-21(38)14(34)11(18)31/h5-38H,1-4H2/t5-,6-,7-,8-,9-,10+,11-,12?,13-,14-,15-,16-,17-,18-,19-,20-,21+,22-,23-,24-/m1/s1. The van der Waals surface area contributed by atoms with Gasteiger partial charge in [-0.05, 0) is 0 Å². The van der Waals surface area contributed by atoms with E-state index in [1.807, 2.05) is 0 Å². The SMILES string of the molecule is OC[C@H]1O[C@H](O[C@H]2C(O)[C@@H](O)[C@@H](O[C@H]3[C@H](O)[C@@H](O)[C@@H](O[C@H]4[C@H](O)[C@@H](O)[C@@H](O)O[C@@H]4CO)O[C@@H]3CO)O[C@@H]2CO)[C@H](O)[C@@H](O)[C@@H]1O. The Morgan fingerprint density at radius 3 is 1.02 bits per heavy atom. The summed E-state index contributed by atoms with van der Waals surface area (Å²) in [5.41, 5.74) is 0. The van der Waals surface area contributed by atoms with E-state index in [9.17, 15) is 71.5 Å². The van der Waals surface area contributed by atoms with Gasteiger partial charge in [0.05, 0.1) is 26.4 Å². The molecule has 4 aliphatic heterocycles. The van der Waals surface area contributed by atoms with Crippen LogP contribution in [0.4, 0.5) is 0 Å². The quantitative estimate of drug-likeness (QED) is 0.103. The second-order valence-electron chi connectivity index (χ2n) is 11.1. The third kappa shape index (κ3) is 7.44. The summed E-state index contributed by atoms with van der Waals surface area (Å²) in [6.45, 7) is -3.39. The maximum absolute atomic E-state index is 10.9. The van der Waals surface area contributed by atoms with Gasteiger partial charge in [0.1, 0.15) is 97.7 Å². The van der Waals surface area contributed by atoms with Crippen LogP contribution >= 0.6 is 0 Å². The average Bonchev–Trinajstić information content (AvgIpc) is 3.03. The van der Waals surface area contributed by atoms with E-state index in [2.05, 4.69) is 0 Å². The third-order valence-electron chi connectivity index (χ3n) is 8.20. The Balaban J connectivity index is 1.43. The first-order valence-electron chi connectivity index (χ1n) is 14.1. The molecule has 0 aromatic rings. The topological polar surface area (TPSA) is 348 Å². The Morgan fingerprint density at radius 1 is 0.333 bits per heavy atom. The maximum Gasteiger partial charge on any atom is 0.187 e. The van der Waals surface area contributed by atoms with Gasteiger partial charge < -0.3 is 105 Å². The van der Waals surface area contributed by atoms with Gasteiger partial charge in [0.25, 0.3) is 0 Å². The number of aliphatic hydroxyl groups is 14. The Hall–Kier alpha value is -0.840. The predicted molar refractivity (Wildman–Crippen MR) is 134 cm³/mol. The molecule has 4 heterocycles. The lowest BCUT2D eigenvalue weighted by atomic mass is 9.95. The molecule has 0 radical (unpaired) electrons. The number of rotatable bonds is 10. The molecule has 20 atom stereocenters. The fraction of sp³-hybridized carbons (Fsp3) is 1.00. The van der Waals surface area contributed by atoms with Crippen LogP contribution in [0.5, 0.6) is 0 Å². The molecule has 0 amide bonds. The summed E-state index contributed by atoms with van der Waals surface area (Å²) in [6, 6.07) is 0. The van der Waals surface area contributed by atoms with Crippen LogP contribution in [0.25, 0.3) is 0 Å². The molecule has 0 spiro atoms. The first kappa shape index (κ1) is 37.0. The number of hydrogen-bond acceptors (Lipinski definition) is 21. The second-order valence-corrected chi connectivity index (χ2v) is 11.1. The molecule has 4 fully saturated rings.